The molecule has 3 N–H and O–H groups in total. The van der Waals surface area contributed by atoms with Crippen molar-refractivity contribution in [2.24, 2.45) is 0 Å². The third-order valence-corrected chi connectivity index (χ3v) is 2.53. The Kier molecular flexibility index (Phi) is 1.73. The monoisotopic (exact) mass is 214 g/mol. The van der Waals surface area contributed by atoms with Crippen molar-refractivity contribution < 1.29 is 4.74 Å². The average molecular weight is 214 g/mol. The Morgan fingerprint density at radius 2 is 2.06 bits per heavy atom. The van der Waals surface area contributed by atoms with E-state index in [1.54, 1.807) is 7.11 Å². The Balaban J connectivity index is 2.52. The summed E-state index contributed by atoms with van der Waals surface area (Å²) in [5, 5.41) is 0.964. The first-order valence-electron chi connectivity index (χ1n) is 4.87. The van der Waals surface area contributed by atoms with Crippen LogP contribution in [0.1, 0.15) is 0 Å². The van der Waals surface area contributed by atoms with Gasteiger partial charge in [-0.25, -0.2) is 4.98 Å². The molecule has 0 unspecified atom stereocenters. The molecule has 5 heteroatoms. The van der Waals surface area contributed by atoms with Gasteiger partial charge >= 0.3 is 0 Å². The van der Waals surface area contributed by atoms with Crippen LogP contribution in [0.2, 0.25) is 0 Å². The molecule has 2 heterocycles. The van der Waals surface area contributed by atoms with E-state index in [4.69, 9.17) is 10.5 Å². The highest BCUT2D eigenvalue weighted by Gasteiger charge is 2.10. The maximum atomic E-state index is 5.85. The molecule has 0 aliphatic rings. The number of ether oxygens (including phenoxy) is 1. The summed E-state index contributed by atoms with van der Waals surface area (Å²) in [6.07, 6.45) is 0. The quantitative estimate of drug-likeness (QED) is 0.646. The highest BCUT2D eigenvalue weighted by atomic mass is 16.5. The molecule has 0 spiro atoms. The number of fused-ring (bicyclic) bond motifs is 3. The Hall–Kier alpha value is -2.30. The molecule has 0 fully saturated rings. The minimum atomic E-state index is 0.435. The summed E-state index contributed by atoms with van der Waals surface area (Å²) in [6, 6.07) is 8.18. The predicted molar refractivity (Wildman–Crippen MR) is 62.4 cm³/mol. The minimum Gasteiger partial charge on any atom is -0.468 e. The summed E-state index contributed by atoms with van der Waals surface area (Å²) in [6.45, 7) is 0. The predicted octanol–water partition coefficient (Wildman–Crippen LogP) is 1.70. The van der Waals surface area contributed by atoms with Crippen molar-refractivity contribution in [2.75, 3.05) is 12.8 Å². The molecule has 0 bridgehead atoms. The van der Waals surface area contributed by atoms with Crippen molar-refractivity contribution in [3.8, 4) is 6.01 Å². The van der Waals surface area contributed by atoms with Crippen molar-refractivity contribution in [3.63, 3.8) is 0 Å². The SMILES string of the molecule is COc1nc2c([nH]1)c(N)nc1ccccc12. The molecule has 0 radical (unpaired) electrons. The third-order valence-electron chi connectivity index (χ3n) is 2.53. The first-order chi connectivity index (χ1) is 7.79. The normalized spacial score (nSPS) is 11.1. The van der Waals surface area contributed by atoms with Crippen LogP contribution < -0.4 is 10.5 Å². The molecular weight excluding hydrogens is 204 g/mol. The lowest BCUT2D eigenvalue weighted by Gasteiger charge is -1.99. The second kappa shape index (κ2) is 3.10. The molecule has 3 aromatic rings. The van der Waals surface area contributed by atoms with E-state index < -0.39 is 0 Å². The van der Waals surface area contributed by atoms with Crippen LogP contribution in [0.15, 0.2) is 24.3 Å². The lowest BCUT2D eigenvalue weighted by Crippen LogP contribution is -1.92. The van der Waals surface area contributed by atoms with Gasteiger partial charge in [0.25, 0.3) is 6.01 Å². The molecule has 80 valence electrons. The average Bonchev–Trinajstić information content (AvgIpc) is 2.74. The summed E-state index contributed by atoms with van der Waals surface area (Å²) in [5.74, 6) is 0.435. The number of para-hydroxylation sites is 1. The molecule has 0 saturated heterocycles. The molecule has 1 aromatic carbocycles. The molecule has 0 aliphatic carbocycles. The lowest BCUT2D eigenvalue weighted by atomic mass is 10.2. The smallest absolute Gasteiger partial charge is 0.294 e. The number of nitrogens with zero attached hydrogens (tertiary/aromatic N) is 2. The van der Waals surface area contributed by atoms with E-state index >= 15 is 0 Å². The molecule has 0 amide bonds. The second-order valence-corrected chi connectivity index (χ2v) is 3.48. The van der Waals surface area contributed by atoms with Crippen LogP contribution in [0.4, 0.5) is 5.82 Å². The van der Waals surface area contributed by atoms with Crippen LogP contribution in [0.3, 0.4) is 0 Å². The van der Waals surface area contributed by atoms with Crippen LogP contribution in [0.25, 0.3) is 21.9 Å². The standard InChI is InChI=1S/C11H10N4O/c1-16-11-14-8-6-4-2-3-5-7(6)13-10(12)9(8)15-11/h2-5H,1H3,(H2,12,13)(H,14,15). The fraction of sp³-hybridized carbons (Fsp3) is 0.0909. The van der Waals surface area contributed by atoms with Crippen molar-refractivity contribution in [1.82, 2.24) is 15.0 Å². The van der Waals surface area contributed by atoms with Crippen LogP contribution in [-0.2, 0) is 0 Å². The zero-order valence-corrected chi connectivity index (χ0v) is 8.69. The van der Waals surface area contributed by atoms with Gasteiger partial charge in [-0.1, -0.05) is 18.2 Å². The van der Waals surface area contributed by atoms with E-state index in [1.807, 2.05) is 24.3 Å². The number of methoxy groups -OCH3 is 1. The zero-order valence-electron chi connectivity index (χ0n) is 8.69. The highest BCUT2D eigenvalue weighted by molar-refractivity contribution is 6.06. The van der Waals surface area contributed by atoms with E-state index in [9.17, 15) is 0 Å². The van der Waals surface area contributed by atoms with Gasteiger partial charge in [-0.2, -0.15) is 4.98 Å². The van der Waals surface area contributed by atoms with E-state index in [1.165, 1.54) is 0 Å². The number of benzene rings is 1. The first kappa shape index (κ1) is 8.96. The van der Waals surface area contributed by atoms with Gasteiger partial charge in [-0.15, -0.1) is 0 Å². The number of aromatic nitrogens is 3. The largest absolute Gasteiger partial charge is 0.468 e. The van der Waals surface area contributed by atoms with Gasteiger partial charge < -0.3 is 15.5 Å². The molecule has 0 saturated carbocycles. The van der Waals surface area contributed by atoms with Crippen LogP contribution in [0.5, 0.6) is 6.01 Å². The summed E-state index contributed by atoms with van der Waals surface area (Å²) in [5.41, 5.74) is 8.20. The van der Waals surface area contributed by atoms with Gasteiger partial charge in [0, 0.05) is 5.39 Å². The van der Waals surface area contributed by atoms with E-state index in [0.29, 0.717) is 11.8 Å². The Morgan fingerprint density at radius 1 is 1.25 bits per heavy atom. The Bertz CT molecular complexity index is 674. The number of pyridine rings is 1. The summed E-state index contributed by atoms with van der Waals surface area (Å²) in [4.78, 5) is 11.6. The molecular formula is C11H10N4O. The van der Waals surface area contributed by atoms with Crippen molar-refractivity contribution in [1.29, 1.82) is 0 Å². The first-order valence-corrected chi connectivity index (χ1v) is 4.87. The number of nitrogens with two attached hydrogens (primary N) is 1. The molecule has 16 heavy (non-hydrogen) atoms. The number of anilines is 1. The number of hydrogen-bond donors (Lipinski definition) is 2. The van der Waals surface area contributed by atoms with Crippen molar-refractivity contribution in [2.45, 2.75) is 0 Å². The molecule has 5 nitrogen and oxygen atoms in total. The topological polar surface area (TPSA) is 76.8 Å². The number of H-pyrrole nitrogens is 1. The summed E-state index contributed by atoms with van der Waals surface area (Å²) >= 11 is 0. The maximum absolute atomic E-state index is 5.85. The number of rotatable bonds is 1. The molecule has 3 rings (SSSR count). The van der Waals surface area contributed by atoms with E-state index in [-0.39, 0.29) is 0 Å². The lowest BCUT2D eigenvalue weighted by molar-refractivity contribution is 0.386. The number of nitrogens with one attached hydrogen (secondary N) is 1. The van der Waals surface area contributed by atoms with Crippen molar-refractivity contribution >= 4 is 27.8 Å². The zero-order chi connectivity index (χ0) is 11.1. The van der Waals surface area contributed by atoms with Crippen LogP contribution in [-0.4, -0.2) is 22.1 Å². The van der Waals surface area contributed by atoms with Crippen molar-refractivity contribution in [3.05, 3.63) is 24.3 Å². The van der Waals surface area contributed by atoms with Crippen LogP contribution >= 0.6 is 0 Å². The third kappa shape index (κ3) is 1.11. The number of hydrogen-bond acceptors (Lipinski definition) is 4. The Morgan fingerprint density at radius 3 is 2.88 bits per heavy atom. The highest BCUT2D eigenvalue weighted by Crippen LogP contribution is 2.27. The number of nitrogen functional groups attached to an aromatic ring is 1. The van der Waals surface area contributed by atoms with Gasteiger partial charge in [0.15, 0.2) is 0 Å². The fourth-order valence-corrected chi connectivity index (χ4v) is 1.79. The molecule has 0 aliphatic heterocycles. The second-order valence-electron chi connectivity index (χ2n) is 3.48. The number of aromatic amines is 1. The van der Waals surface area contributed by atoms with Gasteiger partial charge in [0.1, 0.15) is 16.9 Å². The van der Waals surface area contributed by atoms with Gasteiger partial charge in [0.05, 0.1) is 12.6 Å². The number of imidazole rings is 1. The van der Waals surface area contributed by atoms with Gasteiger partial charge in [-0.3, -0.25) is 0 Å². The van der Waals surface area contributed by atoms with Gasteiger partial charge in [0.2, 0.25) is 0 Å². The molecule has 2 aromatic heterocycles. The van der Waals surface area contributed by atoms with E-state index in [2.05, 4.69) is 15.0 Å². The minimum absolute atomic E-state index is 0.435. The summed E-state index contributed by atoms with van der Waals surface area (Å²) in [7, 11) is 1.56. The molecule has 0 atom stereocenters. The maximum Gasteiger partial charge on any atom is 0.294 e. The van der Waals surface area contributed by atoms with Crippen LogP contribution in [0, 0.1) is 0 Å². The van der Waals surface area contributed by atoms with Gasteiger partial charge in [-0.05, 0) is 6.07 Å². The fourth-order valence-electron chi connectivity index (χ4n) is 1.79. The summed E-state index contributed by atoms with van der Waals surface area (Å²) < 4.78 is 5.05. The van der Waals surface area contributed by atoms with E-state index in [0.717, 1.165) is 21.9 Å². The Labute approximate surface area is 91.3 Å².